The van der Waals surface area contributed by atoms with Crippen molar-refractivity contribution in [2.45, 2.75) is 40.2 Å². The van der Waals surface area contributed by atoms with E-state index in [-0.39, 0.29) is 0 Å². The predicted octanol–water partition coefficient (Wildman–Crippen LogP) is 4.99. The Labute approximate surface area is 175 Å². The topological polar surface area (TPSA) is 72.0 Å². The third-order valence-electron chi connectivity index (χ3n) is 3.96. The molecule has 1 aromatic carbocycles. The van der Waals surface area contributed by atoms with E-state index in [1.807, 2.05) is 44.3 Å². The summed E-state index contributed by atoms with van der Waals surface area (Å²) in [6, 6.07) is 8.26. The zero-order valence-corrected chi connectivity index (χ0v) is 18.1. The van der Waals surface area contributed by atoms with Crippen molar-refractivity contribution in [2.24, 2.45) is 15.7 Å². The summed E-state index contributed by atoms with van der Waals surface area (Å²) in [5.74, 6) is 0. The first-order valence-electron chi connectivity index (χ1n) is 10.0. The van der Waals surface area contributed by atoms with E-state index in [2.05, 4.69) is 40.4 Å². The van der Waals surface area contributed by atoms with Crippen LogP contribution in [0.3, 0.4) is 0 Å². The van der Waals surface area contributed by atoms with Crippen LogP contribution in [0, 0.1) is 0 Å². The molecule has 0 saturated heterocycles. The van der Waals surface area contributed by atoms with Gasteiger partial charge in [0.2, 0.25) is 0 Å². The van der Waals surface area contributed by atoms with Crippen molar-refractivity contribution in [3.05, 3.63) is 78.0 Å². The van der Waals surface area contributed by atoms with E-state index in [9.17, 15) is 0 Å². The van der Waals surface area contributed by atoms with Crippen LogP contribution in [-0.4, -0.2) is 25.6 Å². The van der Waals surface area contributed by atoms with Crippen molar-refractivity contribution in [2.75, 3.05) is 13.7 Å². The van der Waals surface area contributed by atoms with E-state index < -0.39 is 0 Å². The number of hydrogen-bond donors (Lipinski definition) is 2. The molecule has 0 heterocycles. The Morgan fingerprint density at radius 2 is 1.97 bits per heavy atom. The van der Waals surface area contributed by atoms with Crippen LogP contribution in [-0.2, 0) is 11.3 Å². The summed E-state index contributed by atoms with van der Waals surface area (Å²) >= 11 is 0. The van der Waals surface area contributed by atoms with Crippen molar-refractivity contribution in [1.82, 2.24) is 5.32 Å². The lowest BCUT2D eigenvalue weighted by atomic mass is 10.1. The summed E-state index contributed by atoms with van der Waals surface area (Å²) < 4.78 is 5.30. The highest BCUT2D eigenvalue weighted by Gasteiger charge is 2.00. The third-order valence-corrected chi connectivity index (χ3v) is 3.96. The van der Waals surface area contributed by atoms with Gasteiger partial charge in [0, 0.05) is 43.5 Å². The van der Waals surface area contributed by atoms with Gasteiger partial charge in [-0.15, -0.1) is 0 Å². The number of rotatable bonds is 12. The largest absolute Gasteiger partial charge is 0.501 e. The lowest BCUT2D eigenvalue weighted by Gasteiger charge is -2.08. The molecule has 0 aromatic heterocycles. The number of unbranched alkanes of at least 4 members (excludes halogenated alkanes) is 1. The number of ether oxygens (including phenoxy) is 1. The molecule has 156 valence electrons. The summed E-state index contributed by atoms with van der Waals surface area (Å²) in [6.07, 6.45) is 14.9. The lowest BCUT2D eigenvalue weighted by molar-refractivity contribution is 0.270. The molecule has 0 bridgehead atoms. The number of nitrogens with zero attached hydrogens (tertiary/aromatic N) is 2. The van der Waals surface area contributed by atoms with Crippen LogP contribution in [0.2, 0.25) is 0 Å². The van der Waals surface area contributed by atoms with Gasteiger partial charge in [0.25, 0.3) is 0 Å². The second-order valence-electron chi connectivity index (χ2n) is 6.37. The van der Waals surface area contributed by atoms with Crippen LogP contribution in [0.5, 0.6) is 0 Å². The Balaban J connectivity index is 2.78. The molecule has 1 rings (SSSR count). The number of allylic oxidation sites excluding steroid dienone is 5. The molecule has 0 unspecified atom stereocenters. The van der Waals surface area contributed by atoms with Gasteiger partial charge < -0.3 is 15.8 Å². The van der Waals surface area contributed by atoms with Crippen molar-refractivity contribution in [3.8, 4) is 0 Å². The minimum absolute atomic E-state index is 0.636. The highest BCUT2D eigenvalue weighted by molar-refractivity contribution is 6.09. The van der Waals surface area contributed by atoms with E-state index in [0.29, 0.717) is 6.61 Å². The molecule has 0 fully saturated rings. The van der Waals surface area contributed by atoms with Crippen molar-refractivity contribution in [3.63, 3.8) is 0 Å². The summed E-state index contributed by atoms with van der Waals surface area (Å²) in [4.78, 5) is 8.54. The van der Waals surface area contributed by atoms with Gasteiger partial charge in [0.15, 0.2) is 0 Å². The molecule has 0 aliphatic rings. The summed E-state index contributed by atoms with van der Waals surface area (Å²) in [7, 11) is 1.73. The van der Waals surface area contributed by atoms with Gasteiger partial charge in [-0.3, -0.25) is 9.98 Å². The molecular formula is C24H34N4O. The first-order valence-corrected chi connectivity index (χ1v) is 10.0. The highest BCUT2D eigenvalue weighted by atomic mass is 16.5. The molecule has 0 spiro atoms. The van der Waals surface area contributed by atoms with Crippen molar-refractivity contribution in [1.29, 1.82) is 0 Å². The van der Waals surface area contributed by atoms with Gasteiger partial charge in [-0.25, -0.2) is 0 Å². The molecule has 0 aliphatic heterocycles. The van der Waals surface area contributed by atoms with E-state index in [4.69, 9.17) is 10.5 Å². The first-order chi connectivity index (χ1) is 14.1. The monoisotopic (exact) mass is 394 g/mol. The minimum Gasteiger partial charge on any atom is -0.501 e. The molecule has 0 saturated carbocycles. The Morgan fingerprint density at radius 3 is 2.59 bits per heavy atom. The first kappa shape index (κ1) is 24.0. The molecular weight excluding hydrogens is 360 g/mol. The van der Waals surface area contributed by atoms with E-state index >= 15 is 0 Å². The summed E-state index contributed by atoms with van der Waals surface area (Å²) in [5.41, 5.74) is 10.7. The van der Waals surface area contributed by atoms with Crippen molar-refractivity contribution >= 4 is 17.5 Å². The van der Waals surface area contributed by atoms with Crippen LogP contribution in [0.1, 0.15) is 44.7 Å². The van der Waals surface area contributed by atoms with Crippen LogP contribution < -0.4 is 11.1 Å². The molecule has 5 heteroatoms. The smallest absolute Gasteiger partial charge is 0.0850 e. The molecule has 5 nitrogen and oxygen atoms in total. The Bertz CT molecular complexity index is 769. The normalized spacial score (nSPS) is 13.7. The number of aliphatic imine (C=N–C) groups is 2. The van der Waals surface area contributed by atoms with Gasteiger partial charge in [-0.2, -0.15) is 0 Å². The fourth-order valence-electron chi connectivity index (χ4n) is 2.40. The second-order valence-corrected chi connectivity index (χ2v) is 6.37. The van der Waals surface area contributed by atoms with Crippen LogP contribution in [0.15, 0.2) is 76.8 Å². The quantitative estimate of drug-likeness (QED) is 0.388. The zero-order chi connectivity index (χ0) is 21.3. The minimum atomic E-state index is 0.636. The third kappa shape index (κ3) is 10.1. The second kappa shape index (κ2) is 14.9. The van der Waals surface area contributed by atoms with Crippen LogP contribution >= 0.6 is 0 Å². The number of hydrogen-bond acceptors (Lipinski definition) is 5. The summed E-state index contributed by atoms with van der Waals surface area (Å²) in [5, 5.41) is 3.43. The Morgan fingerprint density at radius 1 is 1.21 bits per heavy atom. The Kier molecular flexibility index (Phi) is 12.3. The standard InChI is InChI=1S/C24H34N4O/c1-5-7-8-14-27-24(13-15-29-6-2)16-20(3)28-18-21-9-11-22(12-10-21)23(17-25)19-26-4/h8-17,19,28H,5-7,18,25H2,1-4H3/b14-8+,15-13+,20-16+,23-17+,26-19?,27-24?. The van der Waals surface area contributed by atoms with E-state index in [0.717, 1.165) is 41.9 Å². The molecule has 1 aromatic rings. The maximum atomic E-state index is 5.67. The van der Waals surface area contributed by atoms with E-state index in [1.54, 1.807) is 25.7 Å². The SMILES string of the molecule is CCC/C=C/N=C(/C=C/OCC)/C=C(\C)NCc1ccc(/C(C=NC)=C/N)cc1. The van der Waals surface area contributed by atoms with Gasteiger partial charge in [-0.05, 0) is 43.5 Å². The molecule has 29 heavy (non-hydrogen) atoms. The average Bonchev–Trinajstić information content (AvgIpc) is 2.74. The maximum Gasteiger partial charge on any atom is 0.0850 e. The molecule has 3 N–H and O–H groups in total. The van der Waals surface area contributed by atoms with Gasteiger partial charge in [-0.1, -0.05) is 43.7 Å². The van der Waals surface area contributed by atoms with E-state index in [1.165, 1.54) is 5.56 Å². The molecule has 0 amide bonds. The van der Waals surface area contributed by atoms with Crippen LogP contribution in [0.4, 0.5) is 0 Å². The fourth-order valence-corrected chi connectivity index (χ4v) is 2.40. The zero-order valence-electron chi connectivity index (χ0n) is 18.1. The summed E-state index contributed by atoms with van der Waals surface area (Å²) in [6.45, 7) is 7.49. The van der Waals surface area contributed by atoms with Gasteiger partial charge >= 0.3 is 0 Å². The number of benzene rings is 1. The van der Waals surface area contributed by atoms with Gasteiger partial charge in [0.1, 0.15) is 0 Å². The lowest BCUT2D eigenvalue weighted by Crippen LogP contribution is -2.11. The predicted molar refractivity (Wildman–Crippen MR) is 126 cm³/mol. The average molecular weight is 395 g/mol. The molecule has 0 radical (unpaired) electrons. The molecule has 0 aliphatic carbocycles. The maximum absolute atomic E-state index is 5.67. The van der Waals surface area contributed by atoms with Gasteiger partial charge in [0.05, 0.1) is 18.6 Å². The number of nitrogens with one attached hydrogen (secondary N) is 1. The number of nitrogens with two attached hydrogens (primary N) is 1. The highest BCUT2D eigenvalue weighted by Crippen LogP contribution is 2.13. The van der Waals surface area contributed by atoms with Crippen LogP contribution in [0.25, 0.3) is 5.57 Å². The fraction of sp³-hybridized carbons (Fsp3) is 0.333. The molecule has 0 atom stereocenters. The van der Waals surface area contributed by atoms with Crippen molar-refractivity contribution < 1.29 is 4.74 Å². The Hall–Kier alpha value is -3.08.